The van der Waals surface area contributed by atoms with E-state index in [9.17, 15) is 10.1 Å². The van der Waals surface area contributed by atoms with Crippen molar-refractivity contribution in [2.24, 2.45) is 5.92 Å². The number of nitrogens with one attached hydrogen (secondary N) is 1. The van der Waals surface area contributed by atoms with Gasteiger partial charge in [-0.05, 0) is 55.4 Å². The highest BCUT2D eigenvalue weighted by atomic mass is 32.1. The number of nitriles is 1. The van der Waals surface area contributed by atoms with Gasteiger partial charge in [-0.3, -0.25) is 4.79 Å². The maximum atomic E-state index is 12.5. The summed E-state index contributed by atoms with van der Waals surface area (Å²) in [5.74, 6) is 0.385. The molecule has 3 rings (SSSR count). The van der Waals surface area contributed by atoms with Gasteiger partial charge in [0.2, 0.25) is 0 Å². The predicted octanol–water partition coefficient (Wildman–Crippen LogP) is 5.03. The molecule has 1 aromatic heterocycles. The molecule has 0 saturated heterocycles. The van der Waals surface area contributed by atoms with Crippen molar-refractivity contribution in [3.05, 3.63) is 55.9 Å². The van der Waals surface area contributed by atoms with E-state index in [0.717, 1.165) is 39.8 Å². The van der Waals surface area contributed by atoms with Gasteiger partial charge in [-0.1, -0.05) is 36.8 Å². The molecular formula is C19H18N2OS2. The van der Waals surface area contributed by atoms with Gasteiger partial charge in [0.1, 0.15) is 11.1 Å². The summed E-state index contributed by atoms with van der Waals surface area (Å²) in [7, 11) is 0. The van der Waals surface area contributed by atoms with Gasteiger partial charge >= 0.3 is 0 Å². The third kappa shape index (κ3) is 3.26. The highest BCUT2D eigenvalue weighted by molar-refractivity contribution is 7.73. The summed E-state index contributed by atoms with van der Waals surface area (Å²) in [6.45, 7) is 4.16. The van der Waals surface area contributed by atoms with Gasteiger partial charge in [0.25, 0.3) is 5.91 Å². The molecule has 1 amide bonds. The van der Waals surface area contributed by atoms with Gasteiger partial charge in [0.05, 0.1) is 9.39 Å². The zero-order chi connectivity index (χ0) is 17.3. The first-order valence-electron chi connectivity index (χ1n) is 7.96. The van der Waals surface area contributed by atoms with Crippen LogP contribution in [0.3, 0.4) is 0 Å². The summed E-state index contributed by atoms with van der Waals surface area (Å²) >= 11 is 6.87. The van der Waals surface area contributed by atoms with Crippen LogP contribution in [0, 0.1) is 28.0 Å². The number of nitrogens with zero attached hydrogens (tertiary/aromatic N) is 1. The van der Waals surface area contributed by atoms with Crippen LogP contribution in [0.1, 0.15) is 46.0 Å². The van der Waals surface area contributed by atoms with E-state index in [1.54, 1.807) is 6.07 Å². The highest BCUT2D eigenvalue weighted by Crippen LogP contribution is 2.36. The van der Waals surface area contributed by atoms with E-state index in [1.807, 2.05) is 25.1 Å². The lowest BCUT2D eigenvalue weighted by atomic mass is 9.85. The Morgan fingerprint density at radius 2 is 2.21 bits per heavy atom. The fourth-order valence-electron chi connectivity index (χ4n) is 3.11. The summed E-state index contributed by atoms with van der Waals surface area (Å²) in [4.78, 5) is 12.5. The number of aryl methyl sites for hydroxylation is 1. The van der Waals surface area contributed by atoms with E-state index in [2.05, 4.69) is 18.3 Å². The van der Waals surface area contributed by atoms with Crippen LogP contribution in [0.4, 0.5) is 5.00 Å². The molecule has 1 aliphatic carbocycles. The number of carbonyl (C=O) groups is 1. The number of anilines is 1. The van der Waals surface area contributed by atoms with Gasteiger partial charge in [-0.15, -0.1) is 11.3 Å². The molecular weight excluding hydrogens is 336 g/mol. The van der Waals surface area contributed by atoms with Crippen LogP contribution >= 0.6 is 23.6 Å². The zero-order valence-corrected chi connectivity index (χ0v) is 15.3. The maximum Gasteiger partial charge on any atom is 0.256 e. The number of fused-ring (bicyclic) bond motifs is 1. The van der Waals surface area contributed by atoms with Crippen molar-refractivity contribution in [1.29, 1.82) is 5.26 Å². The SMILES string of the molecule is Cc1cccc(C(=O)Nc2sc(=S)c3c(c2C#N)CCC(C)C3)c1. The average Bonchev–Trinajstić information content (AvgIpc) is 2.55. The molecule has 0 fully saturated rings. The fourth-order valence-corrected chi connectivity index (χ4v) is 4.49. The van der Waals surface area contributed by atoms with Crippen LogP contribution < -0.4 is 5.32 Å². The Bertz CT molecular complexity index is 909. The normalized spacial score (nSPS) is 16.1. The molecule has 0 aliphatic heterocycles. The predicted molar refractivity (Wildman–Crippen MR) is 100 cm³/mol. The summed E-state index contributed by atoms with van der Waals surface area (Å²) in [6.07, 6.45) is 2.83. The van der Waals surface area contributed by atoms with Gasteiger partial charge in [-0.2, -0.15) is 5.26 Å². The summed E-state index contributed by atoms with van der Waals surface area (Å²) < 4.78 is 0.787. The number of amides is 1. The summed E-state index contributed by atoms with van der Waals surface area (Å²) in [6, 6.07) is 9.69. The van der Waals surface area contributed by atoms with Crippen LogP contribution in [-0.4, -0.2) is 5.91 Å². The van der Waals surface area contributed by atoms with E-state index < -0.39 is 0 Å². The molecule has 0 saturated carbocycles. The molecule has 1 atom stereocenters. The molecule has 1 aliphatic rings. The molecule has 1 aromatic carbocycles. The molecule has 2 aromatic rings. The number of hydrogen-bond acceptors (Lipinski definition) is 4. The van der Waals surface area contributed by atoms with Crippen molar-refractivity contribution in [2.75, 3.05) is 5.32 Å². The van der Waals surface area contributed by atoms with Gasteiger partial charge in [0.15, 0.2) is 0 Å². The Morgan fingerprint density at radius 1 is 1.42 bits per heavy atom. The fraction of sp³-hybridized carbons (Fsp3) is 0.316. The van der Waals surface area contributed by atoms with E-state index in [0.29, 0.717) is 22.0 Å². The smallest absolute Gasteiger partial charge is 0.256 e. The second-order valence-electron chi connectivity index (χ2n) is 6.33. The second-order valence-corrected chi connectivity index (χ2v) is 8.02. The van der Waals surface area contributed by atoms with Crippen LogP contribution in [0.2, 0.25) is 0 Å². The van der Waals surface area contributed by atoms with Crippen LogP contribution in [0.25, 0.3) is 0 Å². The second kappa shape index (κ2) is 6.84. The minimum atomic E-state index is -0.204. The van der Waals surface area contributed by atoms with E-state index in [-0.39, 0.29) is 5.91 Å². The molecule has 24 heavy (non-hydrogen) atoms. The third-order valence-corrected chi connectivity index (χ3v) is 5.83. The molecule has 0 radical (unpaired) electrons. The molecule has 1 unspecified atom stereocenters. The number of benzene rings is 1. The molecule has 0 spiro atoms. The quantitative estimate of drug-likeness (QED) is 0.769. The minimum absolute atomic E-state index is 0.204. The van der Waals surface area contributed by atoms with Crippen LogP contribution in [-0.2, 0) is 12.8 Å². The third-order valence-electron chi connectivity index (χ3n) is 4.39. The first-order valence-corrected chi connectivity index (χ1v) is 9.19. The van der Waals surface area contributed by atoms with Crippen molar-refractivity contribution in [1.82, 2.24) is 0 Å². The van der Waals surface area contributed by atoms with Crippen molar-refractivity contribution < 1.29 is 4.79 Å². The largest absolute Gasteiger partial charge is 0.312 e. The van der Waals surface area contributed by atoms with E-state index in [1.165, 1.54) is 11.3 Å². The first kappa shape index (κ1) is 16.8. The first-order chi connectivity index (χ1) is 11.5. The van der Waals surface area contributed by atoms with Crippen molar-refractivity contribution >= 4 is 34.5 Å². The van der Waals surface area contributed by atoms with E-state index >= 15 is 0 Å². The highest BCUT2D eigenvalue weighted by Gasteiger charge is 2.23. The Kier molecular flexibility index (Phi) is 4.79. The van der Waals surface area contributed by atoms with Crippen LogP contribution in [0.15, 0.2) is 24.3 Å². The molecule has 0 bridgehead atoms. The number of rotatable bonds is 2. The standard InChI is InChI=1S/C19H18N2OS2/c1-11-4-3-5-13(8-11)17(22)21-18-16(10-20)14-7-6-12(2)9-15(14)19(23)24-18/h3-5,8,12H,6-7,9H2,1-2H3,(H,21,22). The average molecular weight is 355 g/mol. The van der Waals surface area contributed by atoms with Gasteiger partial charge < -0.3 is 5.32 Å². The van der Waals surface area contributed by atoms with Crippen molar-refractivity contribution in [3.8, 4) is 6.07 Å². The summed E-state index contributed by atoms with van der Waals surface area (Å²) in [5, 5.41) is 13.1. The number of hydrogen-bond donors (Lipinski definition) is 1. The lowest BCUT2D eigenvalue weighted by Gasteiger charge is -2.23. The maximum absolute atomic E-state index is 12.5. The Balaban J connectivity index is 2.00. The van der Waals surface area contributed by atoms with E-state index in [4.69, 9.17) is 12.2 Å². The van der Waals surface area contributed by atoms with Crippen molar-refractivity contribution in [2.45, 2.75) is 33.1 Å². The Hall–Kier alpha value is -2.03. The molecule has 5 heteroatoms. The number of carbonyl (C=O) groups excluding carboxylic acids is 1. The summed E-state index contributed by atoms with van der Waals surface area (Å²) in [5.41, 5.74) is 4.34. The van der Waals surface area contributed by atoms with Crippen molar-refractivity contribution in [3.63, 3.8) is 0 Å². The monoisotopic (exact) mass is 354 g/mol. The zero-order valence-electron chi connectivity index (χ0n) is 13.7. The minimum Gasteiger partial charge on any atom is -0.312 e. The molecule has 1 heterocycles. The van der Waals surface area contributed by atoms with Gasteiger partial charge in [0, 0.05) is 5.56 Å². The Morgan fingerprint density at radius 3 is 2.92 bits per heavy atom. The Labute approximate surface area is 151 Å². The lowest BCUT2D eigenvalue weighted by molar-refractivity contribution is 0.102. The molecule has 122 valence electrons. The molecule has 3 nitrogen and oxygen atoms in total. The lowest BCUT2D eigenvalue weighted by Crippen LogP contribution is -2.17. The molecule has 1 N–H and O–H groups in total. The topological polar surface area (TPSA) is 52.9 Å². The van der Waals surface area contributed by atoms with Crippen LogP contribution in [0.5, 0.6) is 0 Å². The van der Waals surface area contributed by atoms with Gasteiger partial charge in [-0.25, -0.2) is 0 Å².